The van der Waals surface area contributed by atoms with E-state index in [2.05, 4.69) is 18.7 Å². The van der Waals surface area contributed by atoms with Gasteiger partial charge in [0.25, 0.3) is 0 Å². The number of Topliss-reactive ketones (excluding diaryl/α,β-unsaturated/α-hetero) is 1. The predicted octanol–water partition coefficient (Wildman–Crippen LogP) is 3.35. The van der Waals surface area contributed by atoms with Gasteiger partial charge in [-0.25, -0.2) is 0 Å². The highest BCUT2D eigenvalue weighted by molar-refractivity contribution is 8.00. The number of hydrogen-bond donors (Lipinski definition) is 0. The lowest BCUT2D eigenvalue weighted by molar-refractivity contribution is 0.0902. The molecule has 2 atom stereocenters. The summed E-state index contributed by atoms with van der Waals surface area (Å²) in [7, 11) is 0. The Morgan fingerprint density at radius 1 is 1.39 bits per heavy atom. The van der Waals surface area contributed by atoms with Gasteiger partial charge in [-0.15, -0.1) is 0 Å². The zero-order chi connectivity index (χ0) is 13.1. The van der Waals surface area contributed by atoms with Gasteiger partial charge >= 0.3 is 0 Å². The summed E-state index contributed by atoms with van der Waals surface area (Å²) in [5, 5.41) is 1.26. The molecule has 0 N–H and O–H groups in total. The SMILES string of the molecule is CC1SCCN(CC(=O)c2ccc(Cl)cc2)C1C. The molecule has 1 aliphatic heterocycles. The van der Waals surface area contributed by atoms with E-state index in [1.807, 2.05) is 11.8 Å². The number of carbonyl (C=O) groups is 1. The lowest BCUT2D eigenvalue weighted by Gasteiger charge is -2.36. The average molecular weight is 284 g/mol. The van der Waals surface area contributed by atoms with Crippen molar-refractivity contribution in [1.29, 1.82) is 0 Å². The normalized spacial score (nSPS) is 25.1. The Labute approximate surface area is 118 Å². The summed E-state index contributed by atoms with van der Waals surface area (Å²) in [5.41, 5.74) is 0.748. The molecule has 0 spiro atoms. The lowest BCUT2D eigenvalue weighted by atomic mass is 10.1. The van der Waals surface area contributed by atoms with E-state index in [9.17, 15) is 4.79 Å². The van der Waals surface area contributed by atoms with Crippen LogP contribution < -0.4 is 0 Å². The number of benzene rings is 1. The Morgan fingerprint density at radius 3 is 2.72 bits per heavy atom. The first-order valence-corrected chi connectivity index (χ1v) is 7.65. The molecule has 2 nitrogen and oxygen atoms in total. The molecular weight excluding hydrogens is 266 g/mol. The van der Waals surface area contributed by atoms with E-state index in [-0.39, 0.29) is 5.78 Å². The first kappa shape index (κ1) is 13.9. The van der Waals surface area contributed by atoms with Crippen LogP contribution in [-0.2, 0) is 0 Å². The molecule has 1 saturated heterocycles. The second-order valence-corrected chi connectivity index (χ2v) is 6.64. The quantitative estimate of drug-likeness (QED) is 0.794. The minimum Gasteiger partial charge on any atom is -0.293 e. The molecule has 18 heavy (non-hydrogen) atoms. The third-order valence-corrected chi connectivity index (χ3v) is 5.12. The summed E-state index contributed by atoms with van der Waals surface area (Å²) < 4.78 is 0. The van der Waals surface area contributed by atoms with E-state index in [0.29, 0.717) is 22.9 Å². The molecule has 98 valence electrons. The number of carbonyl (C=O) groups excluding carboxylic acids is 1. The van der Waals surface area contributed by atoms with Crippen LogP contribution in [0.4, 0.5) is 0 Å². The Hall–Kier alpha value is -0.510. The minimum absolute atomic E-state index is 0.178. The van der Waals surface area contributed by atoms with E-state index in [1.54, 1.807) is 24.3 Å². The highest BCUT2D eigenvalue weighted by Gasteiger charge is 2.26. The number of nitrogens with zero attached hydrogens (tertiary/aromatic N) is 1. The average Bonchev–Trinajstić information content (AvgIpc) is 2.36. The van der Waals surface area contributed by atoms with Gasteiger partial charge in [-0.05, 0) is 31.2 Å². The van der Waals surface area contributed by atoms with Gasteiger partial charge in [0.2, 0.25) is 0 Å². The van der Waals surface area contributed by atoms with Crippen LogP contribution in [0, 0.1) is 0 Å². The van der Waals surface area contributed by atoms with Crippen molar-refractivity contribution in [2.24, 2.45) is 0 Å². The molecule has 0 amide bonds. The van der Waals surface area contributed by atoms with E-state index >= 15 is 0 Å². The van der Waals surface area contributed by atoms with Crippen LogP contribution in [0.15, 0.2) is 24.3 Å². The second-order valence-electron chi connectivity index (χ2n) is 4.72. The van der Waals surface area contributed by atoms with Crippen molar-refractivity contribution in [3.63, 3.8) is 0 Å². The van der Waals surface area contributed by atoms with Crippen LogP contribution in [0.1, 0.15) is 24.2 Å². The molecule has 1 aromatic rings. The first-order chi connectivity index (χ1) is 8.58. The summed E-state index contributed by atoms with van der Waals surface area (Å²) in [6.07, 6.45) is 0. The van der Waals surface area contributed by atoms with Crippen LogP contribution in [0.2, 0.25) is 5.02 Å². The number of hydrogen-bond acceptors (Lipinski definition) is 3. The van der Waals surface area contributed by atoms with Gasteiger partial charge in [-0.2, -0.15) is 11.8 Å². The highest BCUT2D eigenvalue weighted by atomic mass is 35.5. The summed E-state index contributed by atoms with van der Waals surface area (Å²) in [6, 6.07) is 7.61. The third-order valence-electron chi connectivity index (χ3n) is 3.53. The van der Waals surface area contributed by atoms with Crippen molar-refractivity contribution in [3.05, 3.63) is 34.9 Å². The fourth-order valence-electron chi connectivity index (χ4n) is 2.13. The van der Waals surface area contributed by atoms with E-state index in [4.69, 9.17) is 11.6 Å². The van der Waals surface area contributed by atoms with Gasteiger partial charge in [0.15, 0.2) is 5.78 Å². The molecular formula is C14H18ClNOS. The van der Waals surface area contributed by atoms with Gasteiger partial charge in [-0.1, -0.05) is 18.5 Å². The van der Waals surface area contributed by atoms with Crippen molar-refractivity contribution in [2.45, 2.75) is 25.1 Å². The van der Waals surface area contributed by atoms with Gasteiger partial charge in [0.05, 0.1) is 6.54 Å². The van der Waals surface area contributed by atoms with Crippen LogP contribution in [-0.4, -0.2) is 40.8 Å². The molecule has 0 saturated carbocycles. The summed E-state index contributed by atoms with van der Waals surface area (Å²) in [6.45, 7) is 5.93. The molecule has 1 aliphatic rings. The summed E-state index contributed by atoms with van der Waals surface area (Å²) >= 11 is 7.81. The van der Waals surface area contributed by atoms with Crippen molar-refractivity contribution in [3.8, 4) is 0 Å². The number of ketones is 1. The van der Waals surface area contributed by atoms with Crippen LogP contribution in [0.5, 0.6) is 0 Å². The summed E-state index contributed by atoms with van der Waals surface area (Å²) in [4.78, 5) is 14.5. The molecule has 0 bridgehead atoms. The maximum atomic E-state index is 12.2. The van der Waals surface area contributed by atoms with Gasteiger partial charge in [0.1, 0.15) is 0 Å². The van der Waals surface area contributed by atoms with Gasteiger partial charge < -0.3 is 0 Å². The van der Waals surface area contributed by atoms with Crippen molar-refractivity contribution >= 4 is 29.1 Å². The molecule has 2 rings (SSSR count). The van der Waals surface area contributed by atoms with E-state index < -0.39 is 0 Å². The molecule has 0 aromatic heterocycles. The Morgan fingerprint density at radius 2 is 2.06 bits per heavy atom. The Kier molecular flexibility index (Phi) is 4.71. The van der Waals surface area contributed by atoms with Crippen LogP contribution in [0.3, 0.4) is 0 Å². The van der Waals surface area contributed by atoms with Gasteiger partial charge in [-0.3, -0.25) is 9.69 Å². The maximum absolute atomic E-state index is 12.2. The molecule has 1 fully saturated rings. The van der Waals surface area contributed by atoms with Crippen LogP contribution >= 0.6 is 23.4 Å². The number of rotatable bonds is 3. The molecule has 1 heterocycles. The standard InChI is InChI=1S/C14H18ClNOS/c1-10-11(2)18-8-7-16(10)9-14(17)12-3-5-13(15)6-4-12/h3-6,10-11H,7-9H2,1-2H3. The second kappa shape index (κ2) is 6.09. The number of halogens is 1. The smallest absolute Gasteiger partial charge is 0.176 e. The predicted molar refractivity (Wildman–Crippen MR) is 78.7 cm³/mol. The van der Waals surface area contributed by atoms with E-state index in [1.165, 1.54) is 0 Å². The molecule has 1 aromatic carbocycles. The van der Waals surface area contributed by atoms with Crippen molar-refractivity contribution in [1.82, 2.24) is 4.90 Å². The van der Waals surface area contributed by atoms with Crippen molar-refractivity contribution in [2.75, 3.05) is 18.8 Å². The van der Waals surface area contributed by atoms with Crippen molar-refractivity contribution < 1.29 is 4.79 Å². The zero-order valence-corrected chi connectivity index (χ0v) is 12.3. The molecule has 4 heteroatoms. The first-order valence-electron chi connectivity index (χ1n) is 6.22. The number of thioether (sulfide) groups is 1. The molecule has 0 radical (unpaired) electrons. The monoisotopic (exact) mass is 283 g/mol. The topological polar surface area (TPSA) is 20.3 Å². The van der Waals surface area contributed by atoms with Crippen LogP contribution in [0.25, 0.3) is 0 Å². The zero-order valence-electron chi connectivity index (χ0n) is 10.7. The lowest BCUT2D eigenvalue weighted by Crippen LogP contribution is -2.46. The highest BCUT2D eigenvalue weighted by Crippen LogP contribution is 2.24. The van der Waals surface area contributed by atoms with E-state index in [0.717, 1.165) is 17.9 Å². The Bertz CT molecular complexity index is 420. The molecule has 2 unspecified atom stereocenters. The largest absolute Gasteiger partial charge is 0.293 e. The fourth-order valence-corrected chi connectivity index (χ4v) is 3.42. The minimum atomic E-state index is 0.178. The molecule has 0 aliphatic carbocycles. The summed E-state index contributed by atoms with van der Waals surface area (Å²) in [5.74, 6) is 1.29. The van der Waals surface area contributed by atoms with Gasteiger partial charge in [0, 0.05) is 34.2 Å². The fraction of sp³-hybridized carbons (Fsp3) is 0.500. The maximum Gasteiger partial charge on any atom is 0.176 e. The third kappa shape index (κ3) is 3.28. The Balaban J connectivity index is 2.00.